The van der Waals surface area contributed by atoms with E-state index in [1.807, 2.05) is 0 Å². The fraction of sp³-hybridized carbons (Fsp3) is 0.444. The van der Waals surface area contributed by atoms with Crippen molar-refractivity contribution < 1.29 is 42.2 Å². The first-order chi connectivity index (χ1) is 9.12. The van der Waals surface area contributed by atoms with Gasteiger partial charge in [-0.05, 0) is 5.16 Å². The Bertz CT molecular complexity index is 512. The van der Waals surface area contributed by atoms with Crippen molar-refractivity contribution >= 4 is 11.9 Å². The van der Waals surface area contributed by atoms with Crippen molar-refractivity contribution in [2.24, 2.45) is 5.73 Å². The number of hydrogen-bond acceptors (Lipinski definition) is 6. The number of aliphatic carboxylic acids is 2. The quantitative estimate of drug-likeness (QED) is 0.673. The van der Waals surface area contributed by atoms with Crippen LogP contribution in [0.4, 0.5) is 13.2 Å². The van der Waals surface area contributed by atoms with Gasteiger partial charge in [0, 0.05) is 6.42 Å². The van der Waals surface area contributed by atoms with Crippen molar-refractivity contribution in [3.8, 4) is 5.88 Å². The molecule has 0 aromatic carbocycles. The molecule has 1 unspecified atom stereocenters. The second-order valence-electron chi connectivity index (χ2n) is 3.62. The molecule has 1 aromatic rings. The highest BCUT2D eigenvalue weighted by molar-refractivity contribution is 5.73. The van der Waals surface area contributed by atoms with E-state index in [2.05, 4.69) is 14.4 Å². The number of halogens is 3. The molecule has 1 atom stereocenters. The van der Waals surface area contributed by atoms with Crippen LogP contribution in [0.15, 0.2) is 4.52 Å². The van der Waals surface area contributed by atoms with E-state index in [1.54, 1.807) is 0 Å². The maximum absolute atomic E-state index is 12.6. The van der Waals surface area contributed by atoms with Gasteiger partial charge in [-0.25, -0.2) is 4.79 Å². The van der Waals surface area contributed by atoms with Crippen LogP contribution in [0.5, 0.6) is 5.88 Å². The van der Waals surface area contributed by atoms with Crippen LogP contribution in [0.1, 0.15) is 11.3 Å². The van der Waals surface area contributed by atoms with E-state index >= 15 is 0 Å². The van der Waals surface area contributed by atoms with E-state index in [9.17, 15) is 22.8 Å². The summed E-state index contributed by atoms with van der Waals surface area (Å²) in [7, 11) is 0. The molecule has 0 aliphatic rings. The summed E-state index contributed by atoms with van der Waals surface area (Å²) in [6, 6.07) is -1.65. The minimum Gasteiger partial charge on any atom is -0.480 e. The molecule has 0 bridgehead atoms. The predicted molar refractivity (Wildman–Crippen MR) is 54.0 cm³/mol. The van der Waals surface area contributed by atoms with E-state index in [4.69, 9.17) is 15.9 Å². The number of nitrogens with two attached hydrogens (primary N) is 1. The average molecular weight is 298 g/mol. The highest BCUT2D eigenvalue weighted by atomic mass is 19.4. The van der Waals surface area contributed by atoms with Crippen LogP contribution in [-0.4, -0.2) is 40.0 Å². The van der Waals surface area contributed by atoms with Gasteiger partial charge in [0.15, 0.2) is 6.61 Å². The van der Waals surface area contributed by atoms with Gasteiger partial charge in [0.2, 0.25) is 5.76 Å². The molecule has 4 N–H and O–H groups in total. The number of aromatic nitrogens is 1. The van der Waals surface area contributed by atoms with Gasteiger partial charge in [0.25, 0.3) is 5.88 Å². The number of nitrogens with zero attached hydrogens (tertiary/aromatic N) is 1. The van der Waals surface area contributed by atoms with Gasteiger partial charge >= 0.3 is 18.1 Å². The van der Waals surface area contributed by atoms with Gasteiger partial charge in [0.1, 0.15) is 6.04 Å². The second kappa shape index (κ2) is 5.77. The Labute approximate surface area is 108 Å². The van der Waals surface area contributed by atoms with Crippen LogP contribution in [0.3, 0.4) is 0 Å². The number of carboxylic acid groups (broad SMARTS) is 2. The number of hydrogen-bond donors (Lipinski definition) is 3. The third-order valence-corrected chi connectivity index (χ3v) is 2.08. The van der Waals surface area contributed by atoms with E-state index < -0.39 is 54.4 Å². The summed E-state index contributed by atoms with van der Waals surface area (Å²) in [4.78, 5) is 20.9. The number of rotatable bonds is 6. The maximum Gasteiger partial charge on any atom is 0.452 e. The number of carbonyl (C=O) groups is 2. The van der Waals surface area contributed by atoms with Crippen molar-refractivity contribution in [3.05, 3.63) is 11.3 Å². The molecule has 0 aliphatic carbocycles. The molecule has 0 radical (unpaired) electrons. The molecule has 20 heavy (non-hydrogen) atoms. The minimum atomic E-state index is -4.94. The third kappa shape index (κ3) is 3.85. The molecular weight excluding hydrogens is 289 g/mol. The van der Waals surface area contributed by atoms with E-state index in [1.165, 1.54) is 0 Å². The number of ether oxygens (including phenoxy) is 1. The minimum absolute atomic E-state index is 0.742. The molecule has 112 valence electrons. The molecule has 0 saturated carbocycles. The standard InChI is InChI=1S/C9H9F3N2O6/c10-9(11,12)6-3(1-4(13)8(17)18)7(14-20-6)19-2-5(15)16/h4H,1-2,13H2,(H,15,16)(H,17,18). The Morgan fingerprint density at radius 2 is 2.00 bits per heavy atom. The summed E-state index contributed by atoms with van der Waals surface area (Å²) in [5.74, 6) is -5.32. The van der Waals surface area contributed by atoms with Crippen molar-refractivity contribution in [2.75, 3.05) is 6.61 Å². The predicted octanol–water partition coefficient (Wildman–Crippen LogP) is 0.111. The van der Waals surface area contributed by atoms with Crippen LogP contribution in [-0.2, 0) is 22.2 Å². The first kappa shape index (κ1) is 15.8. The van der Waals surface area contributed by atoms with Crippen LogP contribution < -0.4 is 10.5 Å². The summed E-state index contributed by atoms with van der Waals surface area (Å²) in [5.41, 5.74) is 4.39. The van der Waals surface area contributed by atoms with Gasteiger partial charge in [-0.2, -0.15) is 13.2 Å². The number of carboxylic acids is 2. The lowest BCUT2D eigenvalue weighted by molar-refractivity contribution is -0.156. The SMILES string of the molecule is NC(Cc1c(OCC(=O)O)noc1C(F)(F)F)C(=O)O. The van der Waals surface area contributed by atoms with E-state index in [0.717, 1.165) is 0 Å². The highest BCUT2D eigenvalue weighted by Crippen LogP contribution is 2.36. The zero-order chi connectivity index (χ0) is 15.5. The molecule has 11 heteroatoms. The fourth-order valence-electron chi connectivity index (χ4n) is 1.25. The lowest BCUT2D eigenvalue weighted by Gasteiger charge is -2.09. The fourth-order valence-corrected chi connectivity index (χ4v) is 1.25. The lowest BCUT2D eigenvalue weighted by Crippen LogP contribution is -2.33. The Hall–Kier alpha value is -2.30. The Kier molecular flexibility index (Phi) is 4.55. The van der Waals surface area contributed by atoms with Crippen LogP contribution in [0, 0.1) is 0 Å². The molecule has 1 rings (SSSR count). The smallest absolute Gasteiger partial charge is 0.452 e. The van der Waals surface area contributed by atoms with Crippen LogP contribution in [0.2, 0.25) is 0 Å². The summed E-state index contributed by atoms with van der Waals surface area (Å²) >= 11 is 0. The van der Waals surface area contributed by atoms with Gasteiger partial charge < -0.3 is 25.2 Å². The van der Waals surface area contributed by atoms with Crippen LogP contribution in [0.25, 0.3) is 0 Å². The topological polar surface area (TPSA) is 136 Å². The lowest BCUT2D eigenvalue weighted by atomic mass is 10.1. The molecule has 0 fully saturated rings. The molecule has 8 nitrogen and oxygen atoms in total. The molecule has 1 aromatic heterocycles. The molecule has 1 heterocycles. The first-order valence-corrected chi connectivity index (χ1v) is 5.01. The average Bonchev–Trinajstić information content (AvgIpc) is 2.68. The molecule has 0 spiro atoms. The summed E-state index contributed by atoms with van der Waals surface area (Å²) in [6.07, 6.45) is -5.71. The summed E-state index contributed by atoms with van der Waals surface area (Å²) < 4.78 is 46.4. The monoisotopic (exact) mass is 298 g/mol. The van der Waals surface area contributed by atoms with Crippen LogP contribution >= 0.6 is 0 Å². The van der Waals surface area contributed by atoms with Gasteiger partial charge in [-0.3, -0.25) is 4.79 Å². The zero-order valence-corrected chi connectivity index (χ0v) is 9.68. The first-order valence-electron chi connectivity index (χ1n) is 5.01. The Balaban J connectivity index is 3.09. The normalized spacial score (nSPS) is 13.0. The van der Waals surface area contributed by atoms with Gasteiger partial charge in [-0.1, -0.05) is 0 Å². The third-order valence-electron chi connectivity index (χ3n) is 2.08. The second-order valence-corrected chi connectivity index (χ2v) is 3.62. The Morgan fingerprint density at radius 3 is 2.45 bits per heavy atom. The summed E-state index contributed by atoms with van der Waals surface area (Å²) in [5, 5.41) is 19.9. The number of alkyl halides is 3. The van der Waals surface area contributed by atoms with E-state index in [0.29, 0.717) is 0 Å². The highest BCUT2D eigenvalue weighted by Gasteiger charge is 2.41. The van der Waals surface area contributed by atoms with Crippen molar-refractivity contribution in [3.63, 3.8) is 0 Å². The molecule has 0 amide bonds. The van der Waals surface area contributed by atoms with Crippen molar-refractivity contribution in [2.45, 2.75) is 18.6 Å². The molecule has 0 saturated heterocycles. The molecule has 0 aliphatic heterocycles. The largest absolute Gasteiger partial charge is 0.480 e. The Morgan fingerprint density at radius 1 is 1.40 bits per heavy atom. The molecular formula is C9H9F3N2O6. The van der Waals surface area contributed by atoms with Crippen molar-refractivity contribution in [1.29, 1.82) is 0 Å². The van der Waals surface area contributed by atoms with E-state index in [-0.39, 0.29) is 0 Å². The maximum atomic E-state index is 12.6. The summed E-state index contributed by atoms with van der Waals surface area (Å²) in [6.45, 7) is -0.959. The van der Waals surface area contributed by atoms with Crippen molar-refractivity contribution in [1.82, 2.24) is 5.16 Å². The van der Waals surface area contributed by atoms with Gasteiger partial charge in [0.05, 0.1) is 5.56 Å². The van der Waals surface area contributed by atoms with Gasteiger partial charge in [-0.15, -0.1) is 0 Å². The zero-order valence-electron chi connectivity index (χ0n) is 9.68.